The maximum absolute atomic E-state index is 13.6. The monoisotopic (exact) mass is 500 g/mol. The Bertz CT molecular complexity index is 1310. The van der Waals surface area contributed by atoms with Gasteiger partial charge in [-0.15, -0.1) is 11.3 Å². The van der Waals surface area contributed by atoms with E-state index in [1.807, 2.05) is 24.0 Å². The van der Waals surface area contributed by atoms with E-state index in [2.05, 4.69) is 22.3 Å². The average Bonchev–Trinajstić information content (AvgIpc) is 3.50. The molecule has 1 aromatic carbocycles. The fourth-order valence-corrected chi connectivity index (χ4v) is 7.78. The summed E-state index contributed by atoms with van der Waals surface area (Å²) in [6.07, 6.45) is 2.83. The number of thiophene rings is 1. The van der Waals surface area contributed by atoms with Crippen LogP contribution in [0, 0.1) is 12.8 Å². The smallest absolute Gasteiger partial charge is 0.244 e. The quantitative estimate of drug-likeness (QED) is 0.531. The van der Waals surface area contributed by atoms with Crippen molar-refractivity contribution in [3.63, 3.8) is 0 Å². The fourth-order valence-electron chi connectivity index (χ4n) is 4.77. The predicted octanol–water partition coefficient (Wildman–Crippen LogP) is 3.65. The van der Waals surface area contributed by atoms with Gasteiger partial charge in [-0.2, -0.15) is 9.29 Å². The standard InChI is InChI=1S/C24H28N4O4S2/c1-3-22-25-23(26-32-22)20-13-21(16(2)33-20)34(30,31)28-11-6-9-19(15-28)24(29)27-12-10-17-7-4-5-8-18(17)14-27/h4-5,7-8,13,19H,3,6,9-12,14-15H2,1-2H3/t19-/m1/s1. The van der Waals surface area contributed by atoms with Gasteiger partial charge in [0.05, 0.1) is 15.7 Å². The number of amides is 1. The van der Waals surface area contributed by atoms with Crippen molar-refractivity contribution in [2.45, 2.75) is 51.0 Å². The van der Waals surface area contributed by atoms with Gasteiger partial charge in [-0.05, 0) is 43.4 Å². The third kappa shape index (κ3) is 4.30. The van der Waals surface area contributed by atoms with E-state index in [1.165, 1.54) is 26.8 Å². The molecule has 1 atom stereocenters. The van der Waals surface area contributed by atoms with Gasteiger partial charge in [0.25, 0.3) is 0 Å². The molecular formula is C24H28N4O4S2. The lowest BCUT2D eigenvalue weighted by Crippen LogP contribution is -2.47. The van der Waals surface area contributed by atoms with Gasteiger partial charge in [0, 0.05) is 37.5 Å². The minimum Gasteiger partial charge on any atom is -0.339 e. The molecule has 0 bridgehead atoms. The summed E-state index contributed by atoms with van der Waals surface area (Å²) in [4.78, 5) is 21.2. The second-order valence-electron chi connectivity index (χ2n) is 8.88. The SMILES string of the molecule is CCc1nc(-c2cc(S(=O)(=O)N3CCC[C@@H](C(=O)N4CCc5ccccc5C4)C3)c(C)s2)no1. The Hall–Kier alpha value is -2.56. The third-order valence-electron chi connectivity index (χ3n) is 6.66. The molecule has 0 aliphatic carbocycles. The highest BCUT2D eigenvalue weighted by Gasteiger charge is 2.37. The van der Waals surface area contributed by atoms with Crippen molar-refractivity contribution in [3.05, 3.63) is 52.2 Å². The fraction of sp³-hybridized carbons (Fsp3) is 0.458. The zero-order chi connectivity index (χ0) is 23.9. The first-order valence-corrected chi connectivity index (χ1v) is 13.9. The van der Waals surface area contributed by atoms with Gasteiger partial charge in [0.2, 0.25) is 27.6 Å². The number of hydrogen-bond acceptors (Lipinski definition) is 7. The van der Waals surface area contributed by atoms with Crippen molar-refractivity contribution >= 4 is 27.3 Å². The molecular weight excluding hydrogens is 472 g/mol. The number of piperidine rings is 1. The van der Waals surface area contributed by atoms with E-state index in [9.17, 15) is 13.2 Å². The molecule has 0 saturated carbocycles. The number of rotatable bonds is 5. The minimum absolute atomic E-state index is 0.0519. The Balaban J connectivity index is 1.33. The number of aryl methyl sites for hydroxylation is 2. The summed E-state index contributed by atoms with van der Waals surface area (Å²) in [6, 6.07) is 9.83. The number of benzene rings is 1. The predicted molar refractivity (Wildman–Crippen MR) is 129 cm³/mol. The molecule has 0 N–H and O–H groups in total. The first-order chi connectivity index (χ1) is 16.4. The zero-order valence-corrected chi connectivity index (χ0v) is 21.0. The van der Waals surface area contributed by atoms with Crippen LogP contribution in [0.1, 0.15) is 41.7 Å². The van der Waals surface area contributed by atoms with E-state index in [4.69, 9.17) is 4.52 Å². The number of carbonyl (C=O) groups is 1. The van der Waals surface area contributed by atoms with Crippen molar-refractivity contribution in [3.8, 4) is 10.7 Å². The molecule has 8 nitrogen and oxygen atoms in total. The van der Waals surface area contributed by atoms with Crippen molar-refractivity contribution in [1.29, 1.82) is 0 Å². The third-order valence-corrected chi connectivity index (χ3v) is 9.82. The van der Waals surface area contributed by atoms with Crippen molar-refractivity contribution < 1.29 is 17.7 Å². The van der Waals surface area contributed by atoms with Crippen LogP contribution in [-0.4, -0.2) is 53.3 Å². The second-order valence-corrected chi connectivity index (χ2v) is 12.0. The van der Waals surface area contributed by atoms with E-state index >= 15 is 0 Å². The van der Waals surface area contributed by atoms with E-state index < -0.39 is 10.0 Å². The van der Waals surface area contributed by atoms with Gasteiger partial charge in [0.15, 0.2) is 0 Å². The summed E-state index contributed by atoms with van der Waals surface area (Å²) < 4.78 is 33.8. The highest BCUT2D eigenvalue weighted by molar-refractivity contribution is 7.89. The van der Waals surface area contributed by atoms with Crippen LogP contribution in [0.4, 0.5) is 0 Å². The first-order valence-electron chi connectivity index (χ1n) is 11.7. The molecule has 34 heavy (non-hydrogen) atoms. The highest BCUT2D eigenvalue weighted by atomic mass is 32.2. The van der Waals surface area contributed by atoms with Crippen LogP contribution in [0.5, 0.6) is 0 Å². The van der Waals surface area contributed by atoms with Crippen LogP contribution in [-0.2, 0) is 34.2 Å². The summed E-state index contributed by atoms with van der Waals surface area (Å²) in [5.74, 6) is 0.652. The number of fused-ring (bicyclic) bond motifs is 1. The topological polar surface area (TPSA) is 96.6 Å². The molecule has 4 heterocycles. The number of sulfonamides is 1. The van der Waals surface area contributed by atoms with Crippen molar-refractivity contribution in [2.75, 3.05) is 19.6 Å². The molecule has 2 aromatic heterocycles. The van der Waals surface area contributed by atoms with E-state index in [0.29, 0.717) is 60.4 Å². The van der Waals surface area contributed by atoms with Gasteiger partial charge in [0.1, 0.15) is 0 Å². The molecule has 0 spiro atoms. The van der Waals surface area contributed by atoms with Crippen LogP contribution in [0.2, 0.25) is 0 Å². The molecule has 180 valence electrons. The van der Waals surface area contributed by atoms with Gasteiger partial charge in [-0.3, -0.25) is 4.79 Å². The normalized spacial score (nSPS) is 19.2. The summed E-state index contributed by atoms with van der Waals surface area (Å²) in [5, 5.41) is 3.98. The van der Waals surface area contributed by atoms with Gasteiger partial charge in [-0.25, -0.2) is 8.42 Å². The van der Waals surface area contributed by atoms with Gasteiger partial charge in [-0.1, -0.05) is 36.3 Å². The van der Waals surface area contributed by atoms with E-state index in [0.717, 1.165) is 6.42 Å². The lowest BCUT2D eigenvalue weighted by Gasteiger charge is -2.36. The lowest BCUT2D eigenvalue weighted by atomic mass is 9.95. The van der Waals surface area contributed by atoms with Gasteiger partial charge >= 0.3 is 0 Å². The van der Waals surface area contributed by atoms with E-state index in [1.54, 1.807) is 13.0 Å². The van der Waals surface area contributed by atoms with Crippen LogP contribution in [0.25, 0.3) is 10.7 Å². The molecule has 0 radical (unpaired) electrons. The Morgan fingerprint density at radius 1 is 1.24 bits per heavy atom. The molecule has 3 aromatic rings. The van der Waals surface area contributed by atoms with Crippen LogP contribution in [0.3, 0.4) is 0 Å². The van der Waals surface area contributed by atoms with Crippen LogP contribution in [0.15, 0.2) is 39.8 Å². The summed E-state index contributed by atoms with van der Waals surface area (Å²) in [5.41, 5.74) is 2.47. The summed E-state index contributed by atoms with van der Waals surface area (Å²) in [6.45, 7) is 5.61. The van der Waals surface area contributed by atoms with Crippen LogP contribution >= 0.6 is 11.3 Å². The molecule has 5 rings (SSSR count). The Labute approximate surface area is 203 Å². The number of hydrogen-bond donors (Lipinski definition) is 0. The Kier molecular flexibility index (Phi) is 6.30. The number of aromatic nitrogens is 2. The molecule has 1 saturated heterocycles. The Morgan fingerprint density at radius 2 is 2.03 bits per heavy atom. The maximum Gasteiger partial charge on any atom is 0.244 e. The molecule has 2 aliphatic rings. The summed E-state index contributed by atoms with van der Waals surface area (Å²) >= 11 is 1.34. The molecule has 2 aliphatic heterocycles. The van der Waals surface area contributed by atoms with Crippen LogP contribution < -0.4 is 0 Å². The minimum atomic E-state index is -3.74. The highest BCUT2D eigenvalue weighted by Crippen LogP contribution is 2.35. The average molecular weight is 501 g/mol. The first kappa shape index (κ1) is 23.2. The van der Waals surface area contributed by atoms with E-state index in [-0.39, 0.29) is 23.3 Å². The lowest BCUT2D eigenvalue weighted by molar-refractivity contribution is -0.137. The molecule has 1 fully saturated rings. The number of nitrogens with zero attached hydrogens (tertiary/aromatic N) is 4. The van der Waals surface area contributed by atoms with Crippen molar-refractivity contribution in [1.82, 2.24) is 19.3 Å². The maximum atomic E-state index is 13.6. The summed E-state index contributed by atoms with van der Waals surface area (Å²) in [7, 11) is -3.74. The van der Waals surface area contributed by atoms with Gasteiger partial charge < -0.3 is 9.42 Å². The molecule has 10 heteroatoms. The largest absolute Gasteiger partial charge is 0.339 e. The molecule has 0 unspecified atom stereocenters. The number of carbonyl (C=O) groups excluding carboxylic acids is 1. The van der Waals surface area contributed by atoms with Crippen molar-refractivity contribution in [2.24, 2.45) is 5.92 Å². The zero-order valence-electron chi connectivity index (χ0n) is 19.4. The molecule has 1 amide bonds. The Morgan fingerprint density at radius 3 is 2.79 bits per heavy atom. The second kappa shape index (κ2) is 9.24.